The molecule has 1 aliphatic carbocycles. The van der Waals surface area contributed by atoms with Crippen LogP contribution in [0.1, 0.15) is 51.6 Å². The van der Waals surface area contributed by atoms with Gasteiger partial charge in [-0.05, 0) is 49.1 Å². The number of nitrogens with zero attached hydrogens (tertiary/aromatic N) is 2. The first-order valence-electron chi connectivity index (χ1n) is 10.5. The summed E-state index contributed by atoms with van der Waals surface area (Å²) in [6.45, 7) is 0. The van der Waals surface area contributed by atoms with Gasteiger partial charge >= 0.3 is 0 Å². The summed E-state index contributed by atoms with van der Waals surface area (Å²) in [5.74, 6) is -0.439. The van der Waals surface area contributed by atoms with Crippen LogP contribution in [0.4, 0.5) is 5.69 Å². The van der Waals surface area contributed by atoms with E-state index in [0.717, 1.165) is 17.7 Å². The Balaban J connectivity index is 1.78. The van der Waals surface area contributed by atoms with Gasteiger partial charge < -0.3 is 14.4 Å². The summed E-state index contributed by atoms with van der Waals surface area (Å²) in [4.78, 5) is 41.3. The number of imide groups is 1. The number of ether oxygens (including phenoxy) is 2. The van der Waals surface area contributed by atoms with E-state index in [4.69, 9.17) is 9.47 Å². The molecule has 1 fully saturated rings. The minimum absolute atomic E-state index is 0.0112. The molecule has 0 aromatic heterocycles. The number of hydrogen-bond acceptors (Lipinski definition) is 7. The molecule has 2 aliphatic rings. The van der Waals surface area contributed by atoms with Crippen LogP contribution in [0.5, 0.6) is 11.5 Å². The second-order valence-electron chi connectivity index (χ2n) is 7.90. The average molecular weight is 473 g/mol. The van der Waals surface area contributed by atoms with E-state index in [1.54, 1.807) is 36.4 Å². The fraction of sp³-hybridized carbons (Fsp3) is 0.348. The third-order valence-electron chi connectivity index (χ3n) is 5.95. The van der Waals surface area contributed by atoms with E-state index in [1.807, 2.05) is 0 Å². The molecule has 0 spiro atoms. The summed E-state index contributed by atoms with van der Waals surface area (Å²) in [5, 5.41) is 0. The molecule has 0 N–H and O–H groups in total. The zero-order valence-electron chi connectivity index (χ0n) is 18.2. The molecular formula is C23H24N2O7S. The molecule has 3 amide bonds. The number of methoxy groups -OCH3 is 2. The molecule has 1 atom stereocenters. The van der Waals surface area contributed by atoms with E-state index < -0.39 is 28.6 Å². The van der Waals surface area contributed by atoms with E-state index in [0.29, 0.717) is 29.2 Å². The van der Waals surface area contributed by atoms with Gasteiger partial charge in [0.2, 0.25) is 6.41 Å². The van der Waals surface area contributed by atoms with E-state index in [-0.39, 0.29) is 29.3 Å². The molecular weight excluding hydrogens is 448 g/mol. The maximum atomic E-state index is 13.6. The van der Waals surface area contributed by atoms with E-state index in [1.165, 1.54) is 19.1 Å². The lowest BCUT2D eigenvalue weighted by molar-refractivity contribution is -0.107. The molecule has 174 valence electrons. The summed E-state index contributed by atoms with van der Waals surface area (Å²) in [7, 11) is 0.226. The minimum atomic E-state index is -2.72. The lowest BCUT2D eigenvalue weighted by Gasteiger charge is -2.27. The van der Waals surface area contributed by atoms with Crippen LogP contribution in [0.2, 0.25) is 0 Å². The van der Waals surface area contributed by atoms with Crippen molar-refractivity contribution in [1.82, 2.24) is 4.90 Å². The number of hydrogen-bond donors (Lipinski definition) is 1. The predicted octanol–water partition coefficient (Wildman–Crippen LogP) is 2.17. The van der Waals surface area contributed by atoms with Crippen LogP contribution in [0, 0.1) is 0 Å². The van der Waals surface area contributed by atoms with Gasteiger partial charge in [0.1, 0.15) is 10.7 Å². The van der Waals surface area contributed by atoms with Gasteiger partial charge in [0, 0.05) is 11.8 Å². The molecule has 4 rings (SSSR count). The summed E-state index contributed by atoms with van der Waals surface area (Å²) in [5.41, 5.74) is 1.29. The highest BCUT2D eigenvalue weighted by molar-refractivity contribution is 7.72. The van der Waals surface area contributed by atoms with Gasteiger partial charge in [0.25, 0.3) is 11.8 Å². The molecule has 10 heteroatoms. The Kier molecular flexibility index (Phi) is 6.37. The second kappa shape index (κ2) is 9.22. The monoisotopic (exact) mass is 472 g/mol. The van der Waals surface area contributed by atoms with Gasteiger partial charge in [-0.15, -0.1) is 0 Å². The van der Waals surface area contributed by atoms with Crippen LogP contribution < -0.4 is 14.4 Å². The number of fused-ring (bicyclic) bond motifs is 1. The highest BCUT2D eigenvalue weighted by Crippen LogP contribution is 2.41. The summed E-state index contributed by atoms with van der Waals surface area (Å²) < 4.78 is 33.4. The Morgan fingerprint density at radius 3 is 2.42 bits per heavy atom. The standard InChI is InChI=1S/C23H24N2O7S/c1-31-19-9-6-14(12-20(19)32-2)17(10-11-33(29)30)25-22(27)16-4-3-5-18(21(16)23(25)28)24(13-26)15-7-8-15/h3-6,9,12-13,15,17,33H,7-8,10-11H2,1-2H3. The highest BCUT2D eigenvalue weighted by atomic mass is 32.2. The van der Waals surface area contributed by atoms with E-state index in [2.05, 4.69) is 0 Å². The number of carbonyl (C=O) groups is 3. The molecule has 0 radical (unpaired) electrons. The first-order chi connectivity index (χ1) is 15.9. The molecule has 1 heterocycles. The van der Waals surface area contributed by atoms with Crippen molar-refractivity contribution in [1.29, 1.82) is 0 Å². The zero-order chi connectivity index (χ0) is 23.7. The van der Waals surface area contributed by atoms with Crippen LogP contribution in [-0.4, -0.2) is 57.6 Å². The zero-order valence-corrected chi connectivity index (χ0v) is 19.1. The van der Waals surface area contributed by atoms with Crippen molar-refractivity contribution >= 4 is 34.6 Å². The summed E-state index contributed by atoms with van der Waals surface area (Å²) in [6, 6.07) is 8.96. The fourth-order valence-corrected chi connectivity index (χ4v) is 4.66. The molecule has 0 bridgehead atoms. The number of amides is 3. The van der Waals surface area contributed by atoms with Gasteiger partial charge in [-0.3, -0.25) is 19.3 Å². The molecule has 0 saturated heterocycles. The normalized spacial score (nSPS) is 16.0. The van der Waals surface area contributed by atoms with E-state index >= 15 is 0 Å². The van der Waals surface area contributed by atoms with Crippen LogP contribution in [0.15, 0.2) is 36.4 Å². The predicted molar refractivity (Wildman–Crippen MR) is 121 cm³/mol. The molecule has 1 saturated carbocycles. The van der Waals surface area contributed by atoms with E-state index in [9.17, 15) is 22.8 Å². The highest BCUT2D eigenvalue weighted by Gasteiger charge is 2.44. The number of carbonyl (C=O) groups excluding carboxylic acids is 3. The van der Waals surface area contributed by atoms with Gasteiger partial charge in [-0.1, -0.05) is 12.1 Å². The van der Waals surface area contributed by atoms with Crippen molar-refractivity contribution in [2.24, 2.45) is 0 Å². The van der Waals surface area contributed by atoms with Crippen LogP contribution in [-0.2, 0) is 15.5 Å². The van der Waals surface area contributed by atoms with Crippen LogP contribution in [0.25, 0.3) is 0 Å². The van der Waals surface area contributed by atoms with Crippen molar-refractivity contribution < 1.29 is 32.3 Å². The molecule has 33 heavy (non-hydrogen) atoms. The lowest BCUT2D eigenvalue weighted by atomic mass is 10.0. The van der Waals surface area contributed by atoms with Gasteiger partial charge in [0.05, 0.1) is 37.1 Å². The molecule has 2 aromatic carbocycles. The molecule has 1 unspecified atom stereocenters. The Morgan fingerprint density at radius 2 is 1.82 bits per heavy atom. The summed E-state index contributed by atoms with van der Waals surface area (Å²) in [6.07, 6.45) is 2.37. The number of thiol groups is 1. The first-order valence-corrected chi connectivity index (χ1v) is 11.9. The maximum absolute atomic E-state index is 13.6. The Morgan fingerprint density at radius 1 is 1.09 bits per heavy atom. The van der Waals surface area contributed by atoms with Crippen molar-refractivity contribution in [3.05, 3.63) is 53.1 Å². The Hall–Kier alpha value is -3.40. The smallest absolute Gasteiger partial charge is 0.264 e. The average Bonchev–Trinajstić information content (AvgIpc) is 3.62. The topological polar surface area (TPSA) is 110 Å². The number of benzene rings is 2. The van der Waals surface area contributed by atoms with Crippen LogP contribution in [0.3, 0.4) is 0 Å². The minimum Gasteiger partial charge on any atom is -0.493 e. The van der Waals surface area contributed by atoms with Gasteiger partial charge in [-0.25, -0.2) is 8.42 Å². The summed E-state index contributed by atoms with van der Waals surface area (Å²) >= 11 is 0. The molecule has 9 nitrogen and oxygen atoms in total. The second-order valence-corrected chi connectivity index (χ2v) is 9.01. The molecule has 2 aromatic rings. The number of anilines is 1. The van der Waals surface area contributed by atoms with Crippen molar-refractivity contribution in [2.45, 2.75) is 31.3 Å². The van der Waals surface area contributed by atoms with Gasteiger partial charge in [-0.2, -0.15) is 0 Å². The van der Waals surface area contributed by atoms with Crippen molar-refractivity contribution in [2.75, 3.05) is 24.9 Å². The van der Waals surface area contributed by atoms with Gasteiger partial charge in [0.15, 0.2) is 11.5 Å². The number of rotatable bonds is 10. The third kappa shape index (κ3) is 4.18. The SMILES string of the molecule is COc1ccc(C(CC[SH](=O)=O)N2C(=O)c3cccc(N(C=O)C4CC4)c3C2=O)cc1OC. The van der Waals surface area contributed by atoms with Crippen LogP contribution >= 0.6 is 0 Å². The Bertz CT molecular complexity index is 1180. The largest absolute Gasteiger partial charge is 0.493 e. The van der Waals surface area contributed by atoms with Crippen molar-refractivity contribution in [3.8, 4) is 11.5 Å². The quantitative estimate of drug-likeness (QED) is 0.321. The third-order valence-corrected chi connectivity index (χ3v) is 6.57. The molecule has 1 aliphatic heterocycles. The maximum Gasteiger partial charge on any atom is 0.264 e. The van der Waals surface area contributed by atoms with Crippen molar-refractivity contribution in [3.63, 3.8) is 0 Å². The lowest BCUT2D eigenvalue weighted by Crippen LogP contribution is -2.35. The first kappa shape index (κ1) is 22.8. The Labute approximate surface area is 192 Å². The fourth-order valence-electron chi connectivity index (χ4n) is 4.21.